The Morgan fingerprint density at radius 2 is 1.92 bits per heavy atom. The summed E-state index contributed by atoms with van der Waals surface area (Å²) in [7, 11) is 0. The maximum absolute atomic E-state index is 14.7. The molecule has 0 aromatic carbocycles. The number of amides is 1. The molecule has 36 heavy (non-hydrogen) atoms. The van der Waals surface area contributed by atoms with Gasteiger partial charge in [0.2, 0.25) is 5.96 Å². The summed E-state index contributed by atoms with van der Waals surface area (Å²) in [5.74, 6) is 3.42. The van der Waals surface area contributed by atoms with Crippen LogP contribution < -0.4 is 5.84 Å². The van der Waals surface area contributed by atoms with Crippen molar-refractivity contribution in [3.8, 4) is 5.82 Å². The molecule has 5 heterocycles. The number of carbonyl (C=O) groups is 2. The number of aromatic amines is 1. The highest BCUT2D eigenvalue weighted by atomic mass is 19.1. The van der Waals surface area contributed by atoms with Crippen LogP contribution in [0.25, 0.3) is 16.7 Å². The van der Waals surface area contributed by atoms with E-state index in [0.717, 1.165) is 6.20 Å². The number of rotatable bonds is 4. The lowest BCUT2D eigenvalue weighted by Crippen LogP contribution is -2.51. The lowest BCUT2D eigenvalue weighted by molar-refractivity contribution is -0.127. The first-order valence-corrected chi connectivity index (χ1v) is 10.8. The van der Waals surface area contributed by atoms with E-state index in [1.54, 1.807) is 29.4 Å². The number of nitrogens with one attached hydrogen (secondary N) is 1. The number of aromatic nitrogens is 6. The van der Waals surface area contributed by atoms with Gasteiger partial charge in [-0.1, -0.05) is 15.6 Å². The smallest absolute Gasteiger partial charge is 0.295 e. The molecule has 14 nitrogen and oxygen atoms in total. The third-order valence-corrected chi connectivity index (χ3v) is 5.59. The molecule has 4 aromatic rings. The highest BCUT2D eigenvalue weighted by Crippen LogP contribution is 2.26. The predicted octanol–water partition coefficient (Wildman–Crippen LogP) is 1.02. The van der Waals surface area contributed by atoms with Crippen LogP contribution in [-0.2, 0) is 4.79 Å². The monoisotopic (exact) mass is 490 g/mol. The second-order valence-corrected chi connectivity index (χ2v) is 7.68. The minimum atomic E-state index is -0.838. The number of pyridine rings is 2. The number of fused-ring (bicyclic) bond motifs is 1. The van der Waals surface area contributed by atoms with Crippen molar-refractivity contribution in [3.05, 3.63) is 60.7 Å². The molecule has 0 bridgehead atoms. The number of piperazine rings is 1. The Labute approximate surface area is 202 Å². The molecule has 0 unspecified atom stereocenters. The number of hydrogen-bond donors (Lipinski definition) is 2. The van der Waals surface area contributed by atoms with Gasteiger partial charge < -0.3 is 20.6 Å². The van der Waals surface area contributed by atoms with Crippen LogP contribution in [0.1, 0.15) is 10.4 Å². The van der Waals surface area contributed by atoms with Gasteiger partial charge in [0.05, 0.1) is 46.9 Å². The van der Waals surface area contributed by atoms with Crippen molar-refractivity contribution in [2.24, 2.45) is 21.2 Å². The SMILES string of the molecule is N/N=N\C(=Nc1cccnc1)N1CCN(C(=O)C(=O)c2c[nH]c3c(-n4ccnn4)ncc(F)c23)CC1. The van der Waals surface area contributed by atoms with Gasteiger partial charge >= 0.3 is 0 Å². The molecule has 5 rings (SSSR count). The Bertz CT molecular complexity index is 1460. The average Bonchev–Trinajstić information content (AvgIpc) is 3.60. The van der Waals surface area contributed by atoms with E-state index < -0.39 is 17.5 Å². The van der Waals surface area contributed by atoms with Crippen molar-refractivity contribution in [1.82, 2.24) is 39.7 Å². The number of carbonyl (C=O) groups excluding carboxylic acids is 2. The standard InChI is InChI=1S/C21H19FN12O2/c22-15-12-26-19(34-5-4-27-31-34)17-16(15)14(11-25-17)18(35)20(36)32-6-8-33(9-7-32)21(29-30-23)28-13-2-1-3-24-10-13/h1-5,10-12,25H,6-9H2,(H2,23,28,29). The molecule has 3 N–H and O–H groups in total. The summed E-state index contributed by atoms with van der Waals surface area (Å²) in [6, 6.07) is 3.48. The van der Waals surface area contributed by atoms with Gasteiger partial charge in [-0.3, -0.25) is 14.6 Å². The first kappa shape index (κ1) is 22.7. The molecule has 182 valence electrons. The summed E-state index contributed by atoms with van der Waals surface area (Å²) >= 11 is 0. The zero-order chi connectivity index (χ0) is 25.1. The van der Waals surface area contributed by atoms with E-state index in [-0.39, 0.29) is 41.3 Å². The molecule has 1 aliphatic rings. The molecule has 0 saturated carbocycles. The van der Waals surface area contributed by atoms with Crippen molar-refractivity contribution in [1.29, 1.82) is 0 Å². The van der Waals surface area contributed by atoms with E-state index in [9.17, 15) is 14.0 Å². The van der Waals surface area contributed by atoms with Crippen LogP contribution in [0.5, 0.6) is 0 Å². The van der Waals surface area contributed by atoms with Crippen molar-refractivity contribution < 1.29 is 14.0 Å². The van der Waals surface area contributed by atoms with Gasteiger partial charge in [0.1, 0.15) is 0 Å². The van der Waals surface area contributed by atoms with Crippen molar-refractivity contribution in [2.45, 2.75) is 0 Å². The van der Waals surface area contributed by atoms with Crippen LogP contribution >= 0.6 is 0 Å². The Kier molecular flexibility index (Phi) is 6.09. The van der Waals surface area contributed by atoms with E-state index >= 15 is 0 Å². The number of nitrogens with two attached hydrogens (primary N) is 1. The number of halogens is 1. The highest BCUT2D eigenvalue weighted by Gasteiger charge is 2.31. The fraction of sp³-hybridized carbons (Fsp3) is 0.190. The van der Waals surface area contributed by atoms with E-state index in [0.29, 0.717) is 18.8 Å². The Morgan fingerprint density at radius 1 is 1.11 bits per heavy atom. The molecule has 1 aliphatic heterocycles. The fourth-order valence-electron chi connectivity index (χ4n) is 3.88. The Hall–Kier alpha value is -5.08. The van der Waals surface area contributed by atoms with Crippen LogP contribution in [0, 0.1) is 5.82 Å². The number of nitrogens with zero attached hydrogens (tertiary/aromatic N) is 10. The third-order valence-electron chi connectivity index (χ3n) is 5.59. The minimum Gasteiger partial charge on any atom is -0.357 e. The maximum Gasteiger partial charge on any atom is 0.295 e. The van der Waals surface area contributed by atoms with Gasteiger partial charge in [0, 0.05) is 38.6 Å². The normalized spacial score (nSPS) is 14.6. The molecule has 15 heteroatoms. The number of guanidine groups is 1. The molecular formula is C21H19FN12O2. The zero-order valence-electron chi connectivity index (χ0n) is 18.7. The Balaban J connectivity index is 1.33. The molecule has 0 radical (unpaired) electrons. The number of Topliss-reactive ketones (excluding diaryl/α,β-unsaturated/α-hetero) is 1. The van der Waals surface area contributed by atoms with Crippen LogP contribution in [-0.4, -0.2) is 83.6 Å². The van der Waals surface area contributed by atoms with Crippen molar-refractivity contribution >= 4 is 34.2 Å². The van der Waals surface area contributed by atoms with Crippen LogP contribution in [0.15, 0.2) is 64.6 Å². The maximum atomic E-state index is 14.7. The van der Waals surface area contributed by atoms with E-state index in [1.165, 1.54) is 28.2 Å². The third kappa shape index (κ3) is 4.24. The van der Waals surface area contributed by atoms with Gasteiger partial charge in [-0.2, -0.15) is 0 Å². The van der Waals surface area contributed by atoms with E-state index in [4.69, 9.17) is 5.84 Å². The molecule has 0 atom stereocenters. The van der Waals surface area contributed by atoms with E-state index in [1.807, 2.05) is 0 Å². The molecule has 1 amide bonds. The van der Waals surface area contributed by atoms with Gasteiger partial charge in [-0.25, -0.2) is 19.0 Å². The summed E-state index contributed by atoms with van der Waals surface area (Å²) in [5.41, 5.74) is 0.703. The molecular weight excluding hydrogens is 471 g/mol. The predicted molar refractivity (Wildman–Crippen MR) is 124 cm³/mol. The number of ketones is 1. The topological polar surface area (TPSA) is 176 Å². The number of hydrogen-bond acceptors (Lipinski definition) is 8. The second kappa shape index (κ2) is 9.65. The molecule has 4 aromatic heterocycles. The summed E-state index contributed by atoms with van der Waals surface area (Å²) in [5, 5.41) is 14.7. The van der Waals surface area contributed by atoms with Crippen LogP contribution in [0.4, 0.5) is 10.1 Å². The van der Waals surface area contributed by atoms with Crippen molar-refractivity contribution in [3.63, 3.8) is 0 Å². The van der Waals surface area contributed by atoms with Gasteiger partial charge in [0.25, 0.3) is 11.7 Å². The van der Waals surface area contributed by atoms with Crippen LogP contribution in [0.3, 0.4) is 0 Å². The first-order chi connectivity index (χ1) is 17.6. The lowest BCUT2D eigenvalue weighted by Gasteiger charge is -2.34. The number of H-pyrrole nitrogens is 1. The Morgan fingerprint density at radius 3 is 2.61 bits per heavy atom. The summed E-state index contributed by atoms with van der Waals surface area (Å²) in [6.45, 7) is 1.10. The molecule has 1 fully saturated rings. The molecule has 1 saturated heterocycles. The summed E-state index contributed by atoms with van der Waals surface area (Å²) < 4.78 is 16.0. The molecule has 0 spiro atoms. The summed E-state index contributed by atoms with van der Waals surface area (Å²) in [4.78, 5) is 44.6. The average molecular weight is 490 g/mol. The first-order valence-electron chi connectivity index (χ1n) is 10.8. The zero-order valence-corrected chi connectivity index (χ0v) is 18.7. The molecule has 0 aliphatic carbocycles. The van der Waals surface area contributed by atoms with Gasteiger partial charge in [0.15, 0.2) is 11.6 Å². The van der Waals surface area contributed by atoms with Gasteiger partial charge in [-0.15, -0.1) is 5.10 Å². The van der Waals surface area contributed by atoms with E-state index in [2.05, 4.69) is 40.6 Å². The highest BCUT2D eigenvalue weighted by molar-refractivity contribution is 6.45. The summed E-state index contributed by atoms with van der Waals surface area (Å²) in [6.07, 6.45) is 8.43. The quantitative estimate of drug-likeness (QED) is 0.0810. The lowest BCUT2D eigenvalue weighted by atomic mass is 10.1. The fourth-order valence-corrected chi connectivity index (χ4v) is 3.88. The van der Waals surface area contributed by atoms with Crippen molar-refractivity contribution in [2.75, 3.05) is 26.2 Å². The van der Waals surface area contributed by atoms with Crippen LogP contribution in [0.2, 0.25) is 0 Å². The largest absolute Gasteiger partial charge is 0.357 e. The van der Waals surface area contributed by atoms with Gasteiger partial charge in [-0.05, 0) is 12.1 Å². The second-order valence-electron chi connectivity index (χ2n) is 7.68. The number of aliphatic imine (C=N–C) groups is 1. The minimum absolute atomic E-state index is 0.0401.